The predicted molar refractivity (Wildman–Crippen MR) is 137 cm³/mol. The normalized spacial score (nSPS) is 13.7. The molecule has 0 aromatic heterocycles. The first kappa shape index (κ1) is 25.1. The summed E-state index contributed by atoms with van der Waals surface area (Å²) < 4.78 is 44.1. The smallest absolute Gasteiger partial charge is 0.243 e. The second kappa shape index (κ2) is 12.1. The van der Waals surface area contributed by atoms with Crippen molar-refractivity contribution in [2.24, 2.45) is 0 Å². The Kier molecular flexibility index (Phi) is 8.66. The second-order valence-electron chi connectivity index (χ2n) is 8.57. The van der Waals surface area contributed by atoms with Crippen LogP contribution in [0.5, 0.6) is 23.0 Å². The van der Waals surface area contributed by atoms with E-state index < -0.39 is 10.0 Å². The highest BCUT2D eigenvalue weighted by molar-refractivity contribution is 7.89. The Morgan fingerprint density at radius 1 is 0.800 bits per heavy atom. The van der Waals surface area contributed by atoms with Gasteiger partial charge in [0.05, 0.1) is 18.1 Å². The molecule has 186 valence electrons. The summed E-state index contributed by atoms with van der Waals surface area (Å²) in [6.07, 6.45) is 4.57. The van der Waals surface area contributed by atoms with Crippen molar-refractivity contribution in [1.29, 1.82) is 0 Å². The second-order valence-corrected chi connectivity index (χ2v) is 10.5. The van der Waals surface area contributed by atoms with Crippen molar-refractivity contribution < 1.29 is 22.6 Å². The quantitative estimate of drug-likeness (QED) is 0.270. The molecule has 1 saturated heterocycles. The van der Waals surface area contributed by atoms with Crippen LogP contribution in [0.1, 0.15) is 38.2 Å². The van der Waals surface area contributed by atoms with Gasteiger partial charge < -0.3 is 14.2 Å². The summed E-state index contributed by atoms with van der Waals surface area (Å²) >= 11 is 0. The van der Waals surface area contributed by atoms with Crippen LogP contribution in [0, 0.1) is 0 Å². The molecule has 0 atom stereocenters. The van der Waals surface area contributed by atoms with E-state index in [0.717, 1.165) is 54.9 Å². The Balaban J connectivity index is 1.21. The van der Waals surface area contributed by atoms with Crippen LogP contribution in [0.4, 0.5) is 0 Å². The molecule has 1 fully saturated rings. The average molecular weight is 496 g/mol. The predicted octanol–water partition coefficient (Wildman–Crippen LogP) is 6.06. The summed E-state index contributed by atoms with van der Waals surface area (Å²) in [6.45, 7) is 4.51. The molecule has 7 heteroatoms. The zero-order chi connectivity index (χ0) is 24.5. The van der Waals surface area contributed by atoms with E-state index in [9.17, 15) is 8.42 Å². The molecule has 1 aliphatic heterocycles. The van der Waals surface area contributed by atoms with E-state index in [1.165, 1.54) is 4.31 Å². The van der Waals surface area contributed by atoms with E-state index in [4.69, 9.17) is 14.2 Å². The Morgan fingerprint density at radius 2 is 1.49 bits per heavy atom. The lowest BCUT2D eigenvalue weighted by atomic mass is 10.1. The first-order valence-corrected chi connectivity index (χ1v) is 13.7. The molecular weight excluding hydrogens is 462 g/mol. The fourth-order valence-electron chi connectivity index (χ4n) is 3.81. The molecular formula is C28H33NO5S. The lowest BCUT2D eigenvalue weighted by Crippen LogP contribution is -2.41. The summed E-state index contributed by atoms with van der Waals surface area (Å²) in [5, 5.41) is 0. The van der Waals surface area contributed by atoms with Crippen molar-refractivity contribution in [2.75, 3.05) is 26.3 Å². The zero-order valence-corrected chi connectivity index (χ0v) is 21.0. The Bertz CT molecular complexity index is 1180. The molecule has 3 aromatic carbocycles. The van der Waals surface area contributed by atoms with Crippen LogP contribution in [0.15, 0.2) is 77.7 Å². The lowest BCUT2D eigenvalue weighted by Gasteiger charge is -2.29. The number of ether oxygens (including phenoxy) is 3. The number of rotatable bonds is 13. The van der Waals surface area contributed by atoms with Gasteiger partial charge in [0.2, 0.25) is 10.0 Å². The largest absolute Gasteiger partial charge is 0.494 e. The van der Waals surface area contributed by atoms with Crippen LogP contribution in [0.2, 0.25) is 0 Å². The topological polar surface area (TPSA) is 65.1 Å². The van der Waals surface area contributed by atoms with Crippen LogP contribution in [0.3, 0.4) is 0 Å². The highest BCUT2D eigenvalue weighted by Gasteiger charge is 2.29. The third-order valence-electron chi connectivity index (χ3n) is 5.87. The van der Waals surface area contributed by atoms with E-state index in [-0.39, 0.29) is 0 Å². The minimum Gasteiger partial charge on any atom is -0.494 e. The van der Waals surface area contributed by atoms with Crippen molar-refractivity contribution in [1.82, 2.24) is 4.31 Å². The highest BCUT2D eigenvalue weighted by Crippen LogP contribution is 2.29. The maximum Gasteiger partial charge on any atom is 0.243 e. The van der Waals surface area contributed by atoms with Crippen LogP contribution in [0.25, 0.3) is 0 Å². The van der Waals surface area contributed by atoms with Gasteiger partial charge in [0, 0.05) is 13.1 Å². The maximum absolute atomic E-state index is 12.4. The third kappa shape index (κ3) is 6.77. The van der Waals surface area contributed by atoms with E-state index in [1.54, 1.807) is 24.3 Å². The number of sulfonamides is 1. The van der Waals surface area contributed by atoms with Crippen molar-refractivity contribution in [2.45, 2.75) is 43.9 Å². The molecule has 35 heavy (non-hydrogen) atoms. The Morgan fingerprint density at radius 3 is 2.14 bits per heavy atom. The molecule has 0 unspecified atom stereocenters. The monoisotopic (exact) mass is 495 g/mol. The van der Waals surface area contributed by atoms with E-state index in [0.29, 0.717) is 36.9 Å². The number of unbranched alkanes of at least 4 members (excludes halogenated alkanes) is 1. The number of aryl methyl sites for hydroxylation is 1. The SMILES string of the molecule is CCCc1cc(Oc2ccccc2)ccc1OCCCCOc1ccc(S(=O)(=O)N2CCC2)cc1. The average Bonchev–Trinajstić information content (AvgIpc) is 2.82. The number of para-hydroxylation sites is 1. The van der Waals surface area contributed by atoms with Gasteiger partial charge >= 0.3 is 0 Å². The lowest BCUT2D eigenvalue weighted by molar-refractivity contribution is 0.265. The van der Waals surface area contributed by atoms with Gasteiger partial charge in [-0.25, -0.2) is 8.42 Å². The molecule has 3 aromatic rings. The fourth-order valence-corrected chi connectivity index (χ4v) is 5.33. The summed E-state index contributed by atoms with van der Waals surface area (Å²) in [5.74, 6) is 3.19. The van der Waals surface area contributed by atoms with Crippen LogP contribution in [-0.2, 0) is 16.4 Å². The van der Waals surface area contributed by atoms with Gasteiger partial charge in [-0.05, 0) is 85.8 Å². The van der Waals surface area contributed by atoms with Gasteiger partial charge in [-0.1, -0.05) is 31.5 Å². The van der Waals surface area contributed by atoms with Crippen LogP contribution < -0.4 is 14.2 Å². The summed E-state index contributed by atoms with van der Waals surface area (Å²) in [5.41, 5.74) is 1.14. The van der Waals surface area contributed by atoms with Crippen molar-refractivity contribution >= 4 is 10.0 Å². The number of hydrogen-bond acceptors (Lipinski definition) is 5. The van der Waals surface area contributed by atoms with E-state index in [1.807, 2.05) is 42.5 Å². The molecule has 0 amide bonds. The van der Waals surface area contributed by atoms with E-state index >= 15 is 0 Å². The Labute approximate surface area is 208 Å². The van der Waals surface area contributed by atoms with Crippen molar-refractivity contribution in [3.63, 3.8) is 0 Å². The van der Waals surface area contributed by atoms with Gasteiger partial charge in [0.15, 0.2) is 0 Å². The van der Waals surface area contributed by atoms with Gasteiger partial charge in [-0.15, -0.1) is 0 Å². The van der Waals surface area contributed by atoms with Crippen molar-refractivity contribution in [3.8, 4) is 23.0 Å². The standard InChI is InChI=1S/C28H33NO5S/c1-2-9-23-22-26(34-25-10-4-3-5-11-25)14-17-28(23)33-21-7-6-20-32-24-12-15-27(16-13-24)35(30,31)29-18-8-19-29/h3-5,10-17,22H,2,6-9,18-21H2,1H3. The molecule has 0 radical (unpaired) electrons. The minimum atomic E-state index is -3.35. The van der Waals surface area contributed by atoms with Gasteiger partial charge in [-0.3, -0.25) is 0 Å². The molecule has 0 saturated carbocycles. The number of hydrogen-bond donors (Lipinski definition) is 0. The molecule has 0 aliphatic carbocycles. The molecule has 1 aliphatic rings. The molecule has 0 N–H and O–H groups in total. The molecule has 1 heterocycles. The molecule has 6 nitrogen and oxygen atoms in total. The fraction of sp³-hybridized carbons (Fsp3) is 0.357. The van der Waals surface area contributed by atoms with E-state index in [2.05, 4.69) is 13.0 Å². The van der Waals surface area contributed by atoms with Crippen LogP contribution in [-0.4, -0.2) is 39.0 Å². The minimum absolute atomic E-state index is 0.320. The first-order valence-electron chi connectivity index (χ1n) is 12.3. The summed E-state index contributed by atoms with van der Waals surface area (Å²) in [7, 11) is -3.35. The molecule has 0 bridgehead atoms. The van der Waals surface area contributed by atoms with Crippen molar-refractivity contribution in [3.05, 3.63) is 78.4 Å². The summed E-state index contributed by atoms with van der Waals surface area (Å²) in [6, 6.07) is 22.4. The molecule has 4 rings (SSSR count). The van der Waals surface area contributed by atoms with Gasteiger partial charge in [0.25, 0.3) is 0 Å². The first-order chi connectivity index (χ1) is 17.1. The van der Waals surface area contributed by atoms with Gasteiger partial charge in [0.1, 0.15) is 23.0 Å². The zero-order valence-electron chi connectivity index (χ0n) is 20.2. The van der Waals surface area contributed by atoms with Crippen LogP contribution >= 0.6 is 0 Å². The van der Waals surface area contributed by atoms with Gasteiger partial charge in [-0.2, -0.15) is 4.31 Å². The number of nitrogens with zero attached hydrogens (tertiary/aromatic N) is 1. The third-order valence-corrected chi connectivity index (χ3v) is 7.78. The highest BCUT2D eigenvalue weighted by atomic mass is 32.2. The number of benzene rings is 3. The summed E-state index contributed by atoms with van der Waals surface area (Å²) in [4.78, 5) is 0.320. The Hall–Kier alpha value is -3.03. The molecule has 0 spiro atoms. The maximum atomic E-state index is 12.4.